The summed E-state index contributed by atoms with van der Waals surface area (Å²) in [4.78, 5) is 24.5. The molecule has 1 atom stereocenters. The van der Waals surface area contributed by atoms with E-state index in [4.69, 9.17) is 16.2 Å². The minimum absolute atomic E-state index is 0.0290. The van der Waals surface area contributed by atoms with E-state index in [-0.39, 0.29) is 17.8 Å². The van der Waals surface area contributed by atoms with Gasteiger partial charge in [0.1, 0.15) is 23.0 Å². The zero-order valence-electron chi connectivity index (χ0n) is 14.5. The van der Waals surface area contributed by atoms with Crippen LogP contribution in [0.25, 0.3) is 0 Å². The van der Waals surface area contributed by atoms with Gasteiger partial charge in [0.2, 0.25) is 0 Å². The number of allylic oxidation sites excluding steroid dienone is 1. The Hall–Kier alpha value is -3.47. The van der Waals surface area contributed by atoms with Gasteiger partial charge in [0, 0.05) is 12.1 Å². The average molecular weight is 353 g/mol. The van der Waals surface area contributed by atoms with Crippen LogP contribution in [-0.2, 0) is 15.1 Å². The first kappa shape index (κ1) is 17.4. The molecule has 0 aromatic heterocycles. The number of nitrogens with zero attached hydrogens (tertiary/aromatic N) is 3. The first-order chi connectivity index (χ1) is 12.4. The van der Waals surface area contributed by atoms with Crippen LogP contribution >= 0.6 is 0 Å². The number of benzene rings is 1. The lowest BCUT2D eigenvalue weighted by Gasteiger charge is -2.39. The summed E-state index contributed by atoms with van der Waals surface area (Å²) >= 11 is 0. The highest BCUT2D eigenvalue weighted by Crippen LogP contribution is 2.55. The molecule has 0 saturated heterocycles. The third-order valence-electron chi connectivity index (χ3n) is 4.83. The summed E-state index contributed by atoms with van der Waals surface area (Å²) in [6.45, 7) is 1.85. The number of esters is 1. The number of primary amides is 1. The number of urea groups is 1. The average Bonchev–Trinajstić information content (AvgIpc) is 3.10. The van der Waals surface area contributed by atoms with Crippen LogP contribution in [-0.4, -0.2) is 29.1 Å². The van der Waals surface area contributed by atoms with E-state index in [0.29, 0.717) is 17.7 Å². The fourth-order valence-electron chi connectivity index (χ4n) is 3.83. The fraction of sp³-hybridized carbons (Fsp3) is 0.278. The molecule has 2 aliphatic heterocycles. The van der Waals surface area contributed by atoms with Crippen molar-refractivity contribution < 1.29 is 14.3 Å². The summed E-state index contributed by atoms with van der Waals surface area (Å²) in [7, 11) is 1.29. The van der Waals surface area contributed by atoms with Gasteiger partial charge in [-0.25, -0.2) is 9.59 Å². The van der Waals surface area contributed by atoms with Crippen molar-refractivity contribution in [1.82, 2.24) is 10.0 Å². The zero-order chi connectivity index (χ0) is 19.1. The van der Waals surface area contributed by atoms with Crippen LogP contribution in [0.1, 0.15) is 25.3 Å². The number of nitrogens with two attached hydrogens (primary N) is 2. The highest BCUT2D eigenvalue weighted by atomic mass is 16.5. The van der Waals surface area contributed by atoms with Crippen LogP contribution in [0.4, 0.5) is 4.79 Å². The van der Waals surface area contributed by atoms with E-state index in [2.05, 4.69) is 6.07 Å². The normalized spacial score (nSPS) is 21.7. The number of nitriles is 1. The predicted octanol–water partition coefficient (Wildman–Crippen LogP) is 1.43. The molecule has 0 bridgehead atoms. The predicted molar refractivity (Wildman–Crippen MR) is 92.2 cm³/mol. The Morgan fingerprint density at radius 2 is 2.00 bits per heavy atom. The molecule has 0 fully saturated rings. The van der Waals surface area contributed by atoms with E-state index in [1.54, 1.807) is 5.01 Å². The third kappa shape index (κ3) is 2.07. The molecule has 8 nitrogen and oxygen atoms in total. The van der Waals surface area contributed by atoms with Crippen LogP contribution in [0.15, 0.2) is 53.0 Å². The third-order valence-corrected chi connectivity index (χ3v) is 4.83. The molecule has 1 aromatic carbocycles. The summed E-state index contributed by atoms with van der Waals surface area (Å²) in [5.41, 5.74) is 12.4. The van der Waals surface area contributed by atoms with Crippen molar-refractivity contribution in [3.63, 3.8) is 0 Å². The first-order valence-electron chi connectivity index (χ1n) is 8.09. The summed E-state index contributed by atoms with van der Waals surface area (Å²) in [5, 5.41) is 12.5. The Bertz CT molecular complexity index is 884. The van der Waals surface area contributed by atoms with E-state index >= 15 is 0 Å². The minimum atomic E-state index is -1.11. The number of hydrogen-bond acceptors (Lipinski definition) is 6. The van der Waals surface area contributed by atoms with Gasteiger partial charge < -0.3 is 16.2 Å². The van der Waals surface area contributed by atoms with Crippen molar-refractivity contribution in [2.24, 2.45) is 11.5 Å². The zero-order valence-corrected chi connectivity index (χ0v) is 14.5. The number of amides is 2. The fourth-order valence-corrected chi connectivity index (χ4v) is 3.83. The molecule has 1 aromatic rings. The van der Waals surface area contributed by atoms with Gasteiger partial charge in [-0.15, -0.1) is 0 Å². The van der Waals surface area contributed by atoms with Gasteiger partial charge in [-0.05, 0) is 12.0 Å². The molecule has 4 N–H and O–H groups in total. The second-order valence-corrected chi connectivity index (χ2v) is 6.01. The largest absolute Gasteiger partial charge is 0.466 e. The summed E-state index contributed by atoms with van der Waals surface area (Å²) in [5.74, 6) is -0.537. The van der Waals surface area contributed by atoms with E-state index in [1.807, 2.05) is 37.3 Å². The molecule has 0 aliphatic carbocycles. The quantitative estimate of drug-likeness (QED) is 0.792. The Kier molecular flexibility index (Phi) is 4.08. The maximum atomic E-state index is 12.4. The molecule has 3 rings (SSSR count). The van der Waals surface area contributed by atoms with E-state index in [0.717, 1.165) is 10.6 Å². The molecule has 1 unspecified atom stereocenters. The number of hydrogen-bond donors (Lipinski definition) is 2. The summed E-state index contributed by atoms with van der Waals surface area (Å²) in [6, 6.07) is 10.4. The highest BCUT2D eigenvalue weighted by Gasteiger charge is 2.59. The number of methoxy groups -OCH3 is 1. The SMILES string of the molecule is CCC1=C(C(=O)OC)CC2(c3ccccc3)C(C#N)=C(N)N(C(N)=O)N12. The Morgan fingerprint density at radius 1 is 1.35 bits per heavy atom. The topological polar surface area (TPSA) is 126 Å². The molecule has 0 spiro atoms. The van der Waals surface area contributed by atoms with Gasteiger partial charge in [0.05, 0.1) is 12.7 Å². The molecular formula is C18H19N5O3. The highest BCUT2D eigenvalue weighted by molar-refractivity contribution is 5.91. The van der Waals surface area contributed by atoms with Crippen molar-refractivity contribution in [3.8, 4) is 6.07 Å². The maximum absolute atomic E-state index is 12.4. The summed E-state index contributed by atoms with van der Waals surface area (Å²) in [6.07, 6.45) is 0.578. The van der Waals surface area contributed by atoms with E-state index < -0.39 is 17.5 Å². The molecular weight excluding hydrogens is 334 g/mol. The van der Waals surface area contributed by atoms with Gasteiger partial charge in [-0.2, -0.15) is 10.3 Å². The molecule has 134 valence electrons. The van der Waals surface area contributed by atoms with Crippen molar-refractivity contribution in [2.75, 3.05) is 7.11 Å². The van der Waals surface area contributed by atoms with E-state index in [9.17, 15) is 14.9 Å². The molecule has 8 heteroatoms. The van der Waals surface area contributed by atoms with Gasteiger partial charge in [0.15, 0.2) is 0 Å². The monoisotopic (exact) mass is 353 g/mol. The maximum Gasteiger partial charge on any atom is 0.339 e. The van der Waals surface area contributed by atoms with Crippen molar-refractivity contribution >= 4 is 12.0 Å². The van der Waals surface area contributed by atoms with Crippen LogP contribution in [0.5, 0.6) is 0 Å². The minimum Gasteiger partial charge on any atom is -0.466 e. The molecule has 2 amide bonds. The number of fused-ring (bicyclic) bond motifs is 1. The lowest BCUT2D eigenvalue weighted by atomic mass is 9.80. The number of ether oxygens (including phenoxy) is 1. The van der Waals surface area contributed by atoms with E-state index in [1.165, 1.54) is 7.11 Å². The number of hydrazine groups is 1. The van der Waals surface area contributed by atoms with Crippen LogP contribution < -0.4 is 11.5 Å². The molecule has 26 heavy (non-hydrogen) atoms. The second-order valence-electron chi connectivity index (χ2n) is 6.01. The Balaban J connectivity index is 2.34. The second kappa shape index (κ2) is 6.11. The number of carbonyl (C=O) groups excluding carboxylic acids is 2. The molecule has 2 aliphatic rings. The summed E-state index contributed by atoms with van der Waals surface area (Å²) < 4.78 is 4.92. The smallest absolute Gasteiger partial charge is 0.339 e. The van der Waals surface area contributed by atoms with Gasteiger partial charge in [-0.1, -0.05) is 37.3 Å². The van der Waals surface area contributed by atoms with Crippen LogP contribution in [0.3, 0.4) is 0 Å². The molecule has 2 heterocycles. The Labute approximate surface area is 150 Å². The van der Waals surface area contributed by atoms with Gasteiger partial charge in [-0.3, -0.25) is 5.01 Å². The standard InChI is InChI=1S/C18H19N5O3/c1-3-14-12(16(24)26-2)9-18(11-7-5-4-6-8-11)13(10-19)15(20)22(17(21)25)23(14)18/h4-8H,3,9,20H2,1-2H3,(H2,21,25). The molecule has 0 saturated carbocycles. The van der Waals surface area contributed by atoms with Crippen LogP contribution in [0.2, 0.25) is 0 Å². The Morgan fingerprint density at radius 3 is 2.50 bits per heavy atom. The number of carbonyl (C=O) groups is 2. The first-order valence-corrected chi connectivity index (χ1v) is 8.09. The van der Waals surface area contributed by atoms with Crippen molar-refractivity contribution in [1.29, 1.82) is 5.26 Å². The van der Waals surface area contributed by atoms with Crippen LogP contribution in [0, 0.1) is 11.3 Å². The lowest BCUT2D eigenvalue weighted by Crippen LogP contribution is -2.51. The number of rotatable bonds is 3. The van der Waals surface area contributed by atoms with Gasteiger partial charge >= 0.3 is 12.0 Å². The van der Waals surface area contributed by atoms with Gasteiger partial charge in [0.25, 0.3) is 0 Å². The van der Waals surface area contributed by atoms with Crippen molar-refractivity contribution in [2.45, 2.75) is 25.3 Å². The molecule has 0 radical (unpaired) electrons. The lowest BCUT2D eigenvalue weighted by molar-refractivity contribution is -0.136. The van der Waals surface area contributed by atoms with Crippen molar-refractivity contribution in [3.05, 3.63) is 58.6 Å².